The van der Waals surface area contributed by atoms with Crippen molar-refractivity contribution in [3.8, 4) is 0 Å². The summed E-state index contributed by atoms with van der Waals surface area (Å²) in [6.07, 6.45) is 2.33. The van der Waals surface area contributed by atoms with Crippen LogP contribution < -0.4 is 10.6 Å². The van der Waals surface area contributed by atoms with Crippen LogP contribution in [-0.2, 0) is 13.5 Å². The van der Waals surface area contributed by atoms with E-state index in [0.717, 1.165) is 5.69 Å². The summed E-state index contributed by atoms with van der Waals surface area (Å²) in [5.74, 6) is -0.673. The first-order chi connectivity index (χ1) is 9.52. The van der Waals surface area contributed by atoms with E-state index in [4.69, 9.17) is 5.73 Å². The number of rotatable bonds is 2. The maximum Gasteiger partial charge on any atom is 0.266 e. The van der Waals surface area contributed by atoms with Crippen molar-refractivity contribution in [2.75, 3.05) is 10.6 Å². The van der Waals surface area contributed by atoms with Gasteiger partial charge in [-0.1, -0.05) is 6.92 Å². The van der Waals surface area contributed by atoms with Crippen LogP contribution >= 0.6 is 0 Å². The van der Waals surface area contributed by atoms with Gasteiger partial charge in [0.05, 0.1) is 22.5 Å². The SMILES string of the molecule is CCc1nn(C)cc1N1C(=O)c2ccc(N)cc2C1=O. The second-order valence-electron chi connectivity index (χ2n) is 4.74. The molecule has 6 heteroatoms. The lowest BCUT2D eigenvalue weighted by Gasteiger charge is -2.12. The number of nitrogens with zero attached hydrogens (tertiary/aromatic N) is 3. The van der Waals surface area contributed by atoms with Crippen LogP contribution in [0, 0.1) is 0 Å². The highest BCUT2D eigenvalue weighted by Gasteiger charge is 2.38. The Balaban J connectivity index is 2.14. The summed E-state index contributed by atoms with van der Waals surface area (Å²) < 4.78 is 1.60. The zero-order chi connectivity index (χ0) is 14.4. The molecule has 6 nitrogen and oxygen atoms in total. The number of benzene rings is 1. The van der Waals surface area contributed by atoms with Crippen LogP contribution in [-0.4, -0.2) is 21.6 Å². The topological polar surface area (TPSA) is 81.2 Å². The van der Waals surface area contributed by atoms with Crippen LogP contribution in [0.4, 0.5) is 11.4 Å². The number of carbonyl (C=O) groups is 2. The van der Waals surface area contributed by atoms with Crippen molar-refractivity contribution in [1.29, 1.82) is 0 Å². The highest BCUT2D eigenvalue weighted by atomic mass is 16.2. The third kappa shape index (κ3) is 1.61. The fourth-order valence-corrected chi connectivity index (χ4v) is 2.44. The Labute approximate surface area is 115 Å². The van der Waals surface area contributed by atoms with Crippen LogP contribution in [0.3, 0.4) is 0 Å². The number of hydrogen-bond acceptors (Lipinski definition) is 4. The van der Waals surface area contributed by atoms with Gasteiger partial charge < -0.3 is 5.73 Å². The average Bonchev–Trinajstić information content (AvgIpc) is 2.89. The van der Waals surface area contributed by atoms with Crippen molar-refractivity contribution in [1.82, 2.24) is 9.78 Å². The van der Waals surface area contributed by atoms with Crippen molar-refractivity contribution < 1.29 is 9.59 Å². The minimum atomic E-state index is -0.347. The molecule has 0 radical (unpaired) electrons. The number of aromatic nitrogens is 2. The minimum Gasteiger partial charge on any atom is -0.399 e. The van der Waals surface area contributed by atoms with E-state index in [1.54, 1.807) is 30.1 Å². The van der Waals surface area contributed by atoms with Gasteiger partial charge in [0, 0.05) is 18.9 Å². The molecule has 2 N–H and O–H groups in total. The van der Waals surface area contributed by atoms with Crippen molar-refractivity contribution >= 4 is 23.2 Å². The first kappa shape index (κ1) is 12.4. The number of hydrogen-bond donors (Lipinski definition) is 1. The highest BCUT2D eigenvalue weighted by molar-refractivity contribution is 6.34. The summed E-state index contributed by atoms with van der Waals surface area (Å²) in [4.78, 5) is 26.0. The Bertz CT molecular complexity index is 733. The Kier molecular flexibility index (Phi) is 2.60. The van der Waals surface area contributed by atoms with Gasteiger partial charge in [-0.2, -0.15) is 5.10 Å². The van der Waals surface area contributed by atoms with E-state index >= 15 is 0 Å². The Morgan fingerprint density at radius 3 is 2.60 bits per heavy atom. The summed E-state index contributed by atoms with van der Waals surface area (Å²) in [5, 5.41) is 4.27. The quantitative estimate of drug-likeness (QED) is 0.660. The standard InChI is InChI=1S/C14H14N4O2/c1-3-11-12(7-17(2)16-11)18-13(19)9-5-4-8(15)6-10(9)14(18)20/h4-7H,3,15H2,1-2H3. The molecule has 0 atom stereocenters. The van der Waals surface area contributed by atoms with Gasteiger partial charge in [0.2, 0.25) is 0 Å². The van der Waals surface area contributed by atoms with Gasteiger partial charge in [-0.25, -0.2) is 4.90 Å². The average molecular weight is 270 g/mol. The van der Waals surface area contributed by atoms with Crippen LogP contribution in [0.5, 0.6) is 0 Å². The molecule has 0 fully saturated rings. The largest absolute Gasteiger partial charge is 0.399 e. The first-order valence-electron chi connectivity index (χ1n) is 6.33. The first-order valence-corrected chi connectivity index (χ1v) is 6.33. The van der Waals surface area contributed by atoms with Crippen molar-refractivity contribution in [2.45, 2.75) is 13.3 Å². The molecule has 1 aromatic heterocycles. The lowest BCUT2D eigenvalue weighted by molar-refractivity contribution is 0.0926. The van der Waals surface area contributed by atoms with Crippen LogP contribution in [0.25, 0.3) is 0 Å². The van der Waals surface area contributed by atoms with Gasteiger partial charge in [0.25, 0.3) is 11.8 Å². The smallest absolute Gasteiger partial charge is 0.266 e. The molecule has 3 rings (SSSR count). The predicted octanol–water partition coefficient (Wildman–Crippen LogP) is 1.37. The van der Waals surface area contributed by atoms with E-state index < -0.39 is 0 Å². The van der Waals surface area contributed by atoms with E-state index in [1.165, 1.54) is 11.0 Å². The fraction of sp³-hybridized carbons (Fsp3) is 0.214. The maximum absolute atomic E-state index is 12.4. The molecule has 0 bridgehead atoms. The monoisotopic (exact) mass is 270 g/mol. The van der Waals surface area contributed by atoms with Crippen LogP contribution in [0.15, 0.2) is 24.4 Å². The summed E-state index contributed by atoms with van der Waals surface area (Å²) in [6, 6.07) is 4.75. The minimum absolute atomic E-state index is 0.326. The molecule has 2 heterocycles. The number of fused-ring (bicyclic) bond motifs is 1. The second-order valence-corrected chi connectivity index (χ2v) is 4.74. The molecule has 2 aromatic rings. The second kappa shape index (κ2) is 4.19. The van der Waals surface area contributed by atoms with Crippen molar-refractivity contribution in [2.24, 2.45) is 7.05 Å². The zero-order valence-corrected chi connectivity index (χ0v) is 11.3. The number of amides is 2. The number of aryl methyl sites for hydroxylation is 2. The Hall–Kier alpha value is -2.63. The van der Waals surface area contributed by atoms with E-state index in [9.17, 15) is 9.59 Å². The Morgan fingerprint density at radius 2 is 1.90 bits per heavy atom. The fourth-order valence-electron chi connectivity index (χ4n) is 2.44. The van der Waals surface area contributed by atoms with Gasteiger partial charge in [0.1, 0.15) is 0 Å². The summed E-state index contributed by atoms with van der Waals surface area (Å²) in [7, 11) is 1.76. The normalized spacial score (nSPS) is 14.0. The molecule has 1 aromatic carbocycles. The van der Waals surface area contributed by atoms with Crippen molar-refractivity contribution in [3.63, 3.8) is 0 Å². The molecule has 20 heavy (non-hydrogen) atoms. The van der Waals surface area contributed by atoms with Crippen molar-refractivity contribution in [3.05, 3.63) is 41.2 Å². The molecular formula is C14H14N4O2. The molecule has 0 unspecified atom stereocenters. The van der Waals surface area contributed by atoms with Gasteiger partial charge >= 0.3 is 0 Å². The lowest BCUT2D eigenvalue weighted by atomic mass is 10.1. The molecule has 1 aliphatic rings. The zero-order valence-electron chi connectivity index (χ0n) is 11.3. The van der Waals surface area contributed by atoms with E-state index in [1.807, 2.05) is 6.92 Å². The highest BCUT2D eigenvalue weighted by Crippen LogP contribution is 2.31. The number of nitrogen functional groups attached to an aromatic ring is 1. The molecule has 0 aliphatic carbocycles. The summed E-state index contributed by atoms with van der Waals surface area (Å²) >= 11 is 0. The Morgan fingerprint density at radius 1 is 1.20 bits per heavy atom. The van der Waals surface area contributed by atoms with Gasteiger partial charge in [-0.05, 0) is 24.6 Å². The van der Waals surface area contributed by atoms with E-state index in [2.05, 4.69) is 5.10 Å². The summed E-state index contributed by atoms with van der Waals surface area (Å²) in [5.41, 5.74) is 8.14. The summed E-state index contributed by atoms with van der Waals surface area (Å²) in [6.45, 7) is 1.93. The molecule has 0 saturated carbocycles. The lowest BCUT2D eigenvalue weighted by Crippen LogP contribution is -2.29. The van der Waals surface area contributed by atoms with Crippen LogP contribution in [0.2, 0.25) is 0 Å². The number of carbonyl (C=O) groups excluding carboxylic acids is 2. The van der Waals surface area contributed by atoms with Gasteiger partial charge in [-0.3, -0.25) is 14.3 Å². The molecule has 2 amide bonds. The molecule has 102 valence electrons. The van der Waals surface area contributed by atoms with Crippen LogP contribution in [0.1, 0.15) is 33.3 Å². The van der Waals surface area contributed by atoms with Gasteiger partial charge in [0.15, 0.2) is 0 Å². The van der Waals surface area contributed by atoms with Gasteiger partial charge in [-0.15, -0.1) is 0 Å². The number of anilines is 2. The number of imide groups is 1. The molecule has 0 spiro atoms. The third-order valence-corrected chi connectivity index (χ3v) is 3.37. The molecule has 1 aliphatic heterocycles. The predicted molar refractivity (Wildman–Crippen MR) is 74.6 cm³/mol. The molecular weight excluding hydrogens is 256 g/mol. The van der Waals surface area contributed by atoms with E-state index in [0.29, 0.717) is 28.9 Å². The molecule has 0 saturated heterocycles. The maximum atomic E-state index is 12.4. The number of nitrogens with two attached hydrogens (primary N) is 1. The third-order valence-electron chi connectivity index (χ3n) is 3.37. The van der Waals surface area contributed by atoms with E-state index in [-0.39, 0.29) is 11.8 Å².